The molecule has 2 atom stereocenters. The van der Waals surface area contributed by atoms with Gasteiger partial charge in [0.15, 0.2) is 0 Å². The van der Waals surface area contributed by atoms with Crippen molar-refractivity contribution in [3.63, 3.8) is 0 Å². The molecule has 0 spiro atoms. The van der Waals surface area contributed by atoms with E-state index in [1.807, 2.05) is 18.2 Å². The molecule has 3 N–H and O–H groups in total. The minimum Gasteiger partial charge on any atom is -0.330 e. The van der Waals surface area contributed by atoms with E-state index >= 15 is 0 Å². The van der Waals surface area contributed by atoms with Gasteiger partial charge in [0.05, 0.1) is 0 Å². The van der Waals surface area contributed by atoms with E-state index in [0.717, 1.165) is 55.7 Å². The van der Waals surface area contributed by atoms with Crippen LogP contribution in [0, 0.1) is 5.92 Å². The number of benzene rings is 1. The molecular formula is C20H26N4O3. The average molecular weight is 370 g/mol. The van der Waals surface area contributed by atoms with Gasteiger partial charge < -0.3 is 10.6 Å². The first-order chi connectivity index (χ1) is 13.1. The Bertz CT molecular complexity index is 778. The molecule has 3 heterocycles. The van der Waals surface area contributed by atoms with Gasteiger partial charge in [-0.1, -0.05) is 18.2 Å². The maximum Gasteiger partial charge on any atom is 0.255 e. The van der Waals surface area contributed by atoms with Crippen LogP contribution in [0.15, 0.2) is 18.2 Å². The van der Waals surface area contributed by atoms with Gasteiger partial charge in [0.25, 0.3) is 5.91 Å². The van der Waals surface area contributed by atoms with Crippen LogP contribution in [0.3, 0.4) is 0 Å². The summed E-state index contributed by atoms with van der Waals surface area (Å²) in [4.78, 5) is 40.7. The van der Waals surface area contributed by atoms with Crippen LogP contribution >= 0.6 is 0 Å². The molecule has 0 radical (unpaired) electrons. The third-order valence-electron chi connectivity index (χ3n) is 5.98. The summed E-state index contributed by atoms with van der Waals surface area (Å²) in [6.07, 6.45) is 2.88. The fourth-order valence-corrected chi connectivity index (χ4v) is 4.59. The van der Waals surface area contributed by atoms with E-state index in [9.17, 15) is 14.4 Å². The zero-order valence-corrected chi connectivity index (χ0v) is 15.4. The highest BCUT2D eigenvalue weighted by molar-refractivity contribution is 6.05. The van der Waals surface area contributed by atoms with Crippen molar-refractivity contribution in [3.05, 3.63) is 34.9 Å². The van der Waals surface area contributed by atoms with Crippen molar-refractivity contribution in [2.24, 2.45) is 11.7 Å². The molecule has 0 aliphatic carbocycles. The molecule has 1 aromatic rings. The van der Waals surface area contributed by atoms with Crippen LogP contribution in [0.25, 0.3) is 0 Å². The van der Waals surface area contributed by atoms with E-state index in [4.69, 9.17) is 5.73 Å². The molecule has 7 nitrogen and oxygen atoms in total. The first-order valence-corrected chi connectivity index (χ1v) is 9.74. The van der Waals surface area contributed by atoms with Gasteiger partial charge >= 0.3 is 0 Å². The number of imide groups is 1. The second-order valence-electron chi connectivity index (χ2n) is 7.82. The van der Waals surface area contributed by atoms with Crippen LogP contribution in [0.1, 0.15) is 47.2 Å². The molecule has 1 aromatic carbocycles. The summed E-state index contributed by atoms with van der Waals surface area (Å²) in [6.45, 7) is 3.95. The van der Waals surface area contributed by atoms with Crippen LogP contribution in [-0.2, 0) is 22.7 Å². The summed E-state index contributed by atoms with van der Waals surface area (Å²) in [5, 5.41) is 2.35. The summed E-state index contributed by atoms with van der Waals surface area (Å²) >= 11 is 0. The Morgan fingerprint density at radius 3 is 2.81 bits per heavy atom. The number of hydrogen-bond acceptors (Lipinski definition) is 5. The van der Waals surface area contributed by atoms with E-state index in [1.54, 1.807) is 4.90 Å². The van der Waals surface area contributed by atoms with E-state index in [-0.39, 0.29) is 24.1 Å². The zero-order valence-electron chi connectivity index (χ0n) is 15.4. The number of carbonyl (C=O) groups excluding carboxylic acids is 3. The van der Waals surface area contributed by atoms with E-state index < -0.39 is 6.04 Å². The van der Waals surface area contributed by atoms with E-state index in [2.05, 4.69) is 10.2 Å². The Morgan fingerprint density at radius 1 is 1.19 bits per heavy atom. The zero-order chi connectivity index (χ0) is 19.0. The number of rotatable bonds is 5. The van der Waals surface area contributed by atoms with Gasteiger partial charge in [-0.05, 0) is 49.4 Å². The van der Waals surface area contributed by atoms with Crippen molar-refractivity contribution in [2.45, 2.75) is 44.8 Å². The Hall–Kier alpha value is -2.25. The van der Waals surface area contributed by atoms with Gasteiger partial charge in [-0.25, -0.2) is 0 Å². The molecule has 7 heteroatoms. The van der Waals surface area contributed by atoms with Crippen molar-refractivity contribution in [2.75, 3.05) is 19.6 Å². The van der Waals surface area contributed by atoms with Crippen LogP contribution in [0.2, 0.25) is 0 Å². The van der Waals surface area contributed by atoms with Gasteiger partial charge in [0, 0.05) is 31.6 Å². The van der Waals surface area contributed by atoms with Crippen molar-refractivity contribution < 1.29 is 14.4 Å². The molecular weight excluding hydrogens is 344 g/mol. The van der Waals surface area contributed by atoms with Gasteiger partial charge in [0.2, 0.25) is 11.8 Å². The highest BCUT2D eigenvalue weighted by Gasteiger charge is 2.40. The Balaban J connectivity index is 1.50. The third kappa shape index (κ3) is 3.49. The van der Waals surface area contributed by atoms with Crippen LogP contribution in [0.4, 0.5) is 0 Å². The number of nitrogens with one attached hydrogen (secondary N) is 1. The van der Waals surface area contributed by atoms with Crippen molar-refractivity contribution in [1.29, 1.82) is 0 Å². The highest BCUT2D eigenvalue weighted by Crippen LogP contribution is 2.31. The molecule has 0 aromatic heterocycles. The number of nitrogens with zero attached hydrogens (tertiary/aromatic N) is 2. The normalized spacial score (nSPS) is 25.8. The molecule has 4 rings (SSSR count). The van der Waals surface area contributed by atoms with Gasteiger partial charge in [-0.15, -0.1) is 0 Å². The van der Waals surface area contributed by atoms with Gasteiger partial charge in [0.1, 0.15) is 6.04 Å². The second-order valence-corrected chi connectivity index (χ2v) is 7.82. The number of amides is 3. The van der Waals surface area contributed by atoms with Crippen molar-refractivity contribution in [1.82, 2.24) is 15.1 Å². The predicted molar refractivity (Wildman–Crippen MR) is 99.5 cm³/mol. The quantitative estimate of drug-likeness (QED) is 0.741. The summed E-state index contributed by atoms with van der Waals surface area (Å²) in [5.41, 5.74) is 8.42. The lowest BCUT2D eigenvalue weighted by atomic mass is 10.0. The van der Waals surface area contributed by atoms with Crippen LogP contribution in [0.5, 0.6) is 0 Å². The summed E-state index contributed by atoms with van der Waals surface area (Å²) in [5.74, 6) is -0.0736. The largest absolute Gasteiger partial charge is 0.330 e. The first kappa shape index (κ1) is 18.1. The monoisotopic (exact) mass is 370 g/mol. The van der Waals surface area contributed by atoms with Gasteiger partial charge in [-0.2, -0.15) is 0 Å². The molecule has 3 amide bonds. The van der Waals surface area contributed by atoms with Crippen molar-refractivity contribution >= 4 is 17.7 Å². The molecule has 2 fully saturated rings. The number of nitrogens with two attached hydrogens (primary N) is 1. The van der Waals surface area contributed by atoms with Crippen LogP contribution < -0.4 is 11.1 Å². The number of likely N-dealkylation sites (tertiary alicyclic amines) is 1. The minimum atomic E-state index is -0.559. The van der Waals surface area contributed by atoms with Gasteiger partial charge in [-0.3, -0.25) is 24.6 Å². The average Bonchev–Trinajstić information content (AvgIpc) is 3.21. The number of hydrogen-bond donors (Lipinski definition) is 2. The number of carbonyl (C=O) groups is 3. The molecule has 144 valence electrons. The Labute approximate surface area is 158 Å². The maximum absolute atomic E-state index is 13.1. The fraction of sp³-hybridized carbons (Fsp3) is 0.550. The van der Waals surface area contributed by atoms with E-state index in [0.29, 0.717) is 18.9 Å². The van der Waals surface area contributed by atoms with Crippen molar-refractivity contribution in [3.8, 4) is 0 Å². The summed E-state index contributed by atoms with van der Waals surface area (Å²) in [7, 11) is 0. The molecule has 0 saturated carbocycles. The summed E-state index contributed by atoms with van der Waals surface area (Å²) in [6, 6.07) is 5.41. The molecule has 3 aliphatic heterocycles. The number of fused-ring (bicyclic) bond motifs is 1. The fourth-order valence-electron chi connectivity index (χ4n) is 4.59. The topological polar surface area (TPSA) is 95.7 Å². The SMILES string of the molecule is NCCC1CCN(Cc2cccc3c2C(=O)N(C2CCC(=O)NC2=O)C3)C1. The maximum atomic E-state index is 13.1. The first-order valence-electron chi connectivity index (χ1n) is 9.74. The lowest BCUT2D eigenvalue weighted by Crippen LogP contribution is -2.52. The minimum absolute atomic E-state index is 0.0900. The van der Waals surface area contributed by atoms with E-state index in [1.165, 1.54) is 0 Å². The summed E-state index contributed by atoms with van der Waals surface area (Å²) < 4.78 is 0. The Kier molecular flexibility index (Phi) is 4.97. The number of piperidine rings is 1. The molecule has 3 aliphatic rings. The Morgan fingerprint density at radius 2 is 2.04 bits per heavy atom. The molecule has 2 saturated heterocycles. The predicted octanol–water partition coefficient (Wildman–Crippen LogP) is 0.618. The second kappa shape index (κ2) is 7.40. The molecule has 2 unspecified atom stereocenters. The third-order valence-corrected chi connectivity index (χ3v) is 5.98. The van der Waals surface area contributed by atoms with Crippen LogP contribution in [-0.4, -0.2) is 53.2 Å². The molecule has 27 heavy (non-hydrogen) atoms. The lowest BCUT2D eigenvalue weighted by Gasteiger charge is -2.29. The highest BCUT2D eigenvalue weighted by atomic mass is 16.2. The molecule has 0 bridgehead atoms. The standard InChI is InChI=1S/C20H26N4O3/c21-8-6-13-7-9-23(10-13)11-14-2-1-3-15-12-24(20(27)18(14)15)16-4-5-17(25)22-19(16)26/h1-3,13,16H,4-12,21H2,(H,22,25,26). The smallest absolute Gasteiger partial charge is 0.255 e. The lowest BCUT2D eigenvalue weighted by molar-refractivity contribution is -0.136.